The van der Waals surface area contributed by atoms with Crippen molar-refractivity contribution in [3.8, 4) is 11.4 Å². The molecule has 0 saturated heterocycles. The first-order valence-electron chi connectivity index (χ1n) is 8.95. The Morgan fingerprint density at radius 3 is 2.83 bits per heavy atom. The first kappa shape index (κ1) is 19.4. The smallest absolute Gasteiger partial charge is 0.290 e. The van der Waals surface area contributed by atoms with Crippen molar-refractivity contribution in [2.75, 3.05) is 0 Å². The van der Waals surface area contributed by atoms with E-state index in [4.69, 9.17) is 11.6 Å². The van der Waals surface area contributed by atoms with Gasteiger partial charge in [-0.3, -0.25) is 4.79 Å². The van der Waals surface area contributed by atoms with Crippen LogP contribution in [0.2, 0.25) is 5.28 Å². The van der Waals surface area contributed by atoms with Gasteiger partial charge in [0.2, 0.25) is 5.28 Å². The number of hydrogen-bond donors (Lipinski definition) is 0. The number of carbonyl (C=O) groups is 1. The number of halogens is 3. The molecule has 1 amide bonds. The molecule has 1 atom stereocenters. The molecule has 0 radical (unpaired) electrons. The normalized spacial score (nSPS) is 16.4. The Labute approximate surface area is 170 Å². The zero-order valence-corrected chi connectivity index (χ0v) is 16.4. The van der Waals surface area contributed by atoms with Crippen LogP contribution in [-0.2, 0) is 13.1 Å². The molecule has 0 aromatic carbocycles. The quantitative estimate of drug-likeness (QED) is 0.604. The van der Waals surface area contributed by atoms with Gasteiger partial charge in [0.15, 0.2) is 5.82 Å². The average molecular weight is 419 g/mol. The topological polar surface area (TPSA) is 76.8 Å². The van der Waals surface area contributed by atoms with Crippen molar-refractivity contribution in [3.63, 3.8) is 0 Å². The van der Waals surface area contributed by atoms with Gasteiger partial charge in [-0.25, -0.2) is 28.7 Å². The van der Waals surface area contributed by atoms with Gasteiger partial charge in [-0.05, 0) is 43.1 Å². The van der Waals surface area contributed by atoms with Gasteiger partial charge in [-0.15, -0.1) is 0 Å². The summed E-state index contributed by atoms with van der Waals surface area (Å²) in [4.78, 5) is 31.2. The van der Waals surface area contributed by atoms with Gasteiger partial charge >= 0.3 is 0 Å². The summed E-state index contributed by atoms with van der Waals surface area (Å²) in [5.74, 6) is -0.0331. The number of amides is 1. The van der Waals surface area contributed by atoms with Crippen LogP contribution < -0.4 is 0 Å². The molecule has 0 bridgehead atoms. The Morgan fingerprint density at radius 2 is 2.07 bits per heavy atom. The van der Waals surface area contributed by atoms with Crippen LogP contribution in [0.3, 0.4) is 0 Å². The summed E-state index contributed by atoms with van der Waals surface area (Å²) >= 11 is 5.90. The number of nitrogens with zero attached hydrogens (tertiary/aromatic N) is 6. The maximum Gasteiger partial charge on any atom is 0.290 e. The van der Waals surface area contributed by atoms with E-state index < -0.39 is 6.43 Å². The zero-order valence-electron chi connectivity index (χ0n) is 15.7. The second-order valence-corrected chi connectivity index (χ2v) is 7.25. The van der Waals surface area contributed by atoms with Gasteiger partial charge in [0, 0.05) is 25.0 Å². The highest BCUT2D eigenvalue weighted by Gasteiger charge is 2.32. The summed E-state index contributed by atoms with van der Waals surface area (Å²) in [7, 11) is 0. The number of rotatable bonds is 4. The minimum absolute atomic E-state index is 0.0999. The Balaban J connectivity index is 1.64. The van der Waals surface area contributed by atoms with Crippen LogP contribution in [0.25, 0.3) is 11.4 Å². The minimum atomic E-state index is -2.66. The highest BCUT2D eigenvalue weighted by atomic mass is 35.5. The van der Waals surface area contributed by atoms with Gasteiger partial charge in [0.05, 0.1) is 17.9 Å². The fourth-order valence-corrected chi connectivity index (χ4v) is 3.47. The Hall–Kier alpha value is -2.94. The van der Waals surface area contributed by atoms with E-state index in [1.165, 1.54) is 12.1 Å². The number of aromatic nitrogens is 5. The summed E-state index contributed by atoms with van der Waals surface area (Å²) in [6.45, 7) is 4.37. The van der Waals surface area contributed by atoms with Gasteiger partial charge < -0.3 is 9.47 Å². The van der Waals surface area contributed by atoms with Crippen LogP contribution in [-0.4, -0.2) is 41.4 Å². The van der Waals surface area contributed by atoms with Crippen molar-refractivity contribution >= 4 is 17.5 Å². The lowest BCUT2D eigenvalue weighted by atomic mass is 10.2. The first-order valence-corrected chi connectivity index (χ1v) is 9.33. The molecule has 0 aliphatic carbocycles. The molecular formula is C19H17ClF2N6O. The Kier molecular flexibility index (Phi) is 4.99. The number of pyridine rings is 1. The molecule has 0 N–H and O–H groups in total. The van der Waals surface area contributed by atoms with Gasteiger partial charge in [0.25, 0.3) is 12.3 Å². The molecule has 0 spiro atoms. The molecule has 1 aliphatic heterocycles. The second kappa shape index (κ2) is 7.47. The standard InChI is InChI=1S/C19H17ClF2N6O/c1-10-6-23-19(20)26-15(10)14-9-27-7-11(2)28(18(29)17(27)25-14)8-12-4-3-5-13(24-12)16(21)22/h3-6,9,11,16H,7-8H2,1-2H3. The van der Waals surface area contributed by atoms with Crippen LogP contribution in [0.15, 0.2) is 30.6 Å². The van der Waals surface area contributed by atoms with Crippen LogP contribution in [0.4, 0.5) is 8.78 Å². The molecule has 0 fully saturated rings. The SMILES string of the molecule is Cc1cnc(Cl)nc1-c1cn2c(n1)C(=O)N(Cc1cccc(C(F)F)n1)C(C)C2. The first-order chi connectivity index (χ1) is 13.8. The summed E-state index contributed by atoms with van der Waals surface area (Å²) in [5, 5.41) is 0.0999. The number of carbonyl (C=O) groups excluding carboxylic acids is 1. The van der Waals surface area contributed by atoms with Crippen LogP contribution in [0, 0.1) is 6.92 Å². The van der Waals surface area contributed by atoms with Crippen molar-refractivity contribution in [3.05, 3.63) is 58.7 Å². The highest BCUT2D eigenvalue weighted by molar-refractivity contribution is 6.28. The minimum Gasteiger partial charge on any atom is -0.326 e. The molecule has 1 aliphatic rings. The van der Waals surface area contributed by atoms with E-state index in [1.807, 2.05) is 13.8 Å². The number of aryl methyl sites for hydroxylation is 1. The molecule has 7 nitrogen and oxygen atoms in total. The summed E-state index contributed by atoms with van der Waals surface area (Å²) < 4.78 is 27.6. The molecule has 150 valence electrons. The molecule has 10 heteroatoms. The Morgan fingerprint density at radius 1 is 1.28 bits per heavy atom. The van der Waals surface area contributed by atoms with E-state index in [2.05, 4.69) is 19.9 Å². The van der Waals surface area contributed by atoms with E-state index in [-0.39, 0.29) is 35.3 Å². The van der Waals surface area contributed by atoms with Crippen molar-refractivity contribution in [2.45, 2.75) is 39.4 Å². The van der Waals surface area contributed by atoms with Gasteiger partial charge in [0.1, 0.15) is 11.4 Å². The Bertz CT molecular complexity index is 1090. The fourth-order valence-electron chi connectivity index (χ4n) is 3.34. The van der Waals surface area contributed by atoms with E-state index in [0.29, 0.717) is 23.6 Å². The van der Waals surface area contributed by atoms with E-state index in [1.54, 1.807) is 27.9 Å². The molecule has 3 aromatic heterocycles. The van der Waals surface area contributed by atoms with Crippen molar-refractivity contribution < 1.29 is 13.6 Å². The lowest BCUT2D eigenvalue weighted by molar-refractivity contribution is 0.0583. The molecule has 4 rings (SSSR count). The summed E-state index contributed by atoms with van der Waals surface area (Å²) in [5.41, 5.74) is 1.98. The maximum atomic E-state index is 13.1. The monoisotopic (exact) mass is 418 g/mol. The van der Waals surface area contributed by atoms with E-state index in [0.717, 1.165) is 5.56 Å². The third-order valence-corrected chi connectivity index (χ3v) is 4.97. The number of hydrogen-bond acceptors (Lipinski definition) is 5. The van der Waals surface area contributed by atoms with Crippen LogP contribution in [0.5, 0.6) is 0 Å². The maximum absolute atomic E-state index is 13.1. The molecule has 1 unspecified atom stereocenters. The third-order valence-electron chi connectivity index (χ3n) is 4.79. The van der Waals surface area contributed by atoms with E-state index in [9.17, 15) is 13.6 Å². The number of alkyl halides is 2. The largest absolute Gasteiger partial charge is 0.326 e. The van der Waals surface area contributed by atoms with Gasteiger partial charge in [-0.1, -0.05) is 6.07 Å². The summed E-state index contributed by atoms with van der Waals surface area (Å²) in [6.07, 6.45) is 0.706. The number of imidazole rings is 1. The summed E-state index contributed by atoms with van der Waals surface area (Å²) in [6, 6.07) is 4.25. The molecular weight excluding hydrogens is 402 g/mol. The molecule has 4 heterocycles. The van der Waals surface area contributed by atoms with Crippen molar-refractivity contribution in [2.24, 2.45) is 0 Å². The molecule has 0 saturated carbocycles. The van der Waals surface area contributed by atoms with Crippen molar-refractivity contribution in [1.82, 2.24) is 29.4 Å². The average Bonchev–Trinajstić information content (AvgIpc) is 3.11. The zero-order chi connectivity index (χ0) is 20.7. The second-order valence-electron chi connectivity index (χ2n) is 6.91. The third kappa shape index (κ3) is 3.69. The van der Waals surface area contributed by atoms with Crippen molar-refractivity contribution in [1.29, 1.82) is 0 Å². The lowest BCUT2D eigenvalue weighted by Crippen LogP contribution is -2.46. The van der Waals surface area contributed by atoms with E-state index >= 15 is 0 Å². The van der Waals surface area contributed by atoms with Gasteiger partial charge in [-0.2, -0.15) is 0 Å². The molecule has 29 heavy (non-hydrogen) atoms. The fraction of sp³-hybridized carbons (Fsp3) is 0.316. The van der Waals surface area contributed by atoms with Crippen LogP contribution in [0.1, 0.15) is 40.9 Å². The van der Waals surface area contributed by atoms with Crippen LogP contribution >= 0.6 is 11.6 Å². The molecule has 3 aromatic rings. The lowest BCUT2D eigenvalue weighted by Gasteiger charge is -2.33. The highest BCUT2D eigenvalue weighted by Crippen LogP contribution is 2.26. The predicted octanol–water partition coefficient (Wildman–Crippen LogP) is 3.68. The number of fused-ring (bicyclic) bond motifs is 1. The predicted molar refractivity (Wildman–Crippen MR) is 102 cm³/mol.